The minimum absolute atomic E-state index is 0.00563. The lowest BCUT2D eigenvalue weighted by Gasteiger charge is -2.23. The van der Waals surface area contributed by atoms with Crippen LogP contribution in [-0.4, -0.2) is 36.6 Å². The second-order valence-electron chi connectivity index (χ2n) is 4.31. The Hall–Kier alpha value is -1.99. The first-order chi connectivity index (χ1) is 9.08. The lowest BCUT2D eigenvalue weighted by molar-refractivity contribution is -0.384. The zero-order valence-corrected chi connectivity index (χ0v) is 10.5. The quantitative estimate of drug-likeness (QED) is 0.623. The number of amides is 1. The summed E-state index contributed by atoms with van der Waals surface area (Å²) in [6.45, 7) is 3.41. The molecule has 1 aliphatic heterocycles. The van der Waals surface area contributed by atoms with E-state index in [0.29, 0.717) is 24.4 Å². The number of anilines is 1. The largest absolute Gasteiger partial charge is 0.366 e. The van der Waals surface area contributed by atoms with Gasteiger partial charge in [0.05, 0.1) is 11.5 Å². The first-order valence-electron chi connectivity index (χ1n) is 5.96. The topological polar surface area (TPSA) is 93.5 Å². The number of benzene rings is 1. The lowest BCUT2D eigenvalue weighted by Crippen LogP contribution is -2.45. The van der Waals surface area contributed by atoms with Crippen molar-refractivity contribution in [2.75, 3.05) is 25.0 Å². The molecule has 0 saturated carbocycles. The van der Waals surface area contributed by atoms with Crippen LogP contribution in [0.3, 0.4) is 0 Å². The Morgan fingerprint density at radius 2 is 2.37 bits per heavy atom. The van der Waals surface area contributed by atoms with Crippen LogP contribution in [0, 0.1) is 17.0 Å². The third-order valence-electron chi connectivity index (χ3n) is 2.90. The molecule has 102 valence electrons. The van der Waals surface area contributed by atoms with E-state index < -0.39 is 11.0 Å². The van der Waals surface area contributed by atoms with E-state index in [9.17, 15) is 14.9 Å². The summed E-state index contributed by atoms with van der Waals surface area (Å²) in [5.41, 5.74) is 1.21. The van der Waals surface area contributed by atoms with Crippen molar-refractivity contribution in [3.05, 3.63) is 33.9 Å². The Kier molecular flexibility index (Phi) is 4.08. The molecular weight excluding hydrogens is 250 g/mol. The summed E-state index contributed by atoms with van der Waals surface area (Å²) in [7, 11) is 0. The Morgan fingerprint density at radius 1 is 1.58 bits per heavy atom. The molecule has 7 nitrogen and oxygen atoms in total. The number of nitro groups is 1. The Morgan fingerprint density at radius 3 is 2.95 bits per heavy atom. The highest BCUT2D eigenvalue weighted by Gasteiger charge is 2.22. The molecule has 0 radical (unpaired) electrons. The number of ether oxygens (including phenoxy) is 1. The average Bonchev–Trinajstić information content (AvgIpc) is 2.41. The van der Waals surface area contributed by atoms with Crippen molar-refractivity contribution in [1.82, 2.24) is 5.32 Å². The summed E-state index contributed by atoms with van der Waals surface area (Å²) in [6, 6.07) is 4.32. The minimum Gasteiger partial charge on any atom is -0.366 e. The second kappa shape index (κ2) is 5.77. The zero-order chi connectivity index (χ0) is 13.8. The molecule has 19 heavy (non-hydrogen) atoms. The first-order valence-corrected chi connectivity index (χ1v) is 5.96. The van der Waals surface area contributed by atoms with E-state index >= 15 is 0 Å². The van der Waals surface area contributed by atoms with Gasteiger partial charge in [-0.1, -0.05) is 0 Å². The van der Waals surface area contributed by atoms with E-state index in [-0.39, 0.29) is 11.6 Å². The van der Waals surface area contributed by atoms with Crippen molar-refractivity contribution in [3.8, 4) is 0 Å². The standard InChI is InChI=1S/C12H15N3O4/c1-8-6-9(15(17)18)2-3-10(8)14-12(16)11-7-13-4-5-19-11/h2-3,6,11,13H,4-5,7H2,1H3,(H,14,16). The van der Waals surface area contributed by atoms with Gasteiger partial charge < -0.3 is 15.4 Å². The van der Waals surface area contributed by atoms with Crippen LogP contribution in [0.15, 0.2) is 18.2 Å². The van der Waals surface area contributed by atoms with Crippen molar-refractivity contribution in [2.24, 2.45) is 0 Å². The predicted molar refractivity (Wildman–Crippen MR) is 69.1 cm³/mol. The molecule has 7 heteroatoms. The molecule has 1 aromatic rings. The second-order valence-corrected chi connectivity index (χ2v) is 4.31. The molecule has 0 bridgehead atoms. The number of nitro benzene ring substituents is 1. The number of non-ortho nitro benzene ring substituents is 1. The number of rotatable bonds is 3. The molecule has 1 saturated heterocycles. The summed E-state index contributed by atoms with van der Waals surface area (Å²) in [5.74, 6) is -0.246. The van der Waals surface area contributed by atoms with Crippen LogP contribution in [0.4, 0.5) is 11.4 Å². The fourth-order valence-electron chi connectivity index (χ4n) is 1.85. The number of hydrogen-bond donors (Lipinski definition) is 2. The molecule has 0 spiro atoms. The van der Waals surface area contributed by atoms with Gasteiger partial charge in [0.15, 0.2) is 0 Å². The molecule has 1 aliphatic rings. The van der Waals surface area contributed by atoms with Crippen LogP contribution in [0.1, 0.15) is 5.56 Å². The number of nitrogens with zero attached hydrogens (tertiary/aromatic N) is 1. The maximum absolute atomic E-state index is 11.9. The Labute approximate surface area is 110 Å². The fourth-order valence-corrected chi connectivity index (χ4v) is 1.85. The van der Waals surface area contributed by atoms with E-state index in [1.165, 1.54) is 18.2 Å². The van der Waals surface area contributed by atoms with Gasteiger partial charge in [0.2, 0.25) is 0 Å². The van der Waals surface area contributed by atoms with Gasteiger partial charge in [-0.15, -0.1) is 0 Å². The van der Waals surface area contributed by atoms with Crippen molar-refractivity contribution in [2.45, 2.75) is 13.0 Å². The first kappa shape index (κ1) is 13.4. The normalized spacial score (nSPS) is 18.9. The molecule has 1 amide bonds. The monoisotopic (exact) mass is 265 g/mol. The Balaban J connectivity index is 2.06. The smallest absolute Gasteiger partial charge is 0.269 e. The molecule has 1 atom stereocenters. The summed E-state index contributed by atoms with van der Waals surface area (Å²) in [6.07, 6.45) is -0.525. The highest BCUT2D eigenvalue weighted by Crippen LogP contribution is 2.21. The van der Waals surface area contributed by atoms with E-state index in [1.54, 1.807) is 6.92 Å². The van der Waals surface area contributed by atoms with Gasteiger partial charge >= 0.3 is 0 Å². The van der Waals surface area contributed by atoms with E-state index in [0.717, 1.165) is 6.54 Å². The van der Waals surface area contributed by atoms with Gasteiger partial charge in [-0.05, 0) is 18.6 Å². The highest BCUT2D eigenvalue weighted by molar-refractivity contribution is 5.95. The van der Waals surface area contributed by atoms with Gasteiger partial charge in [0.25, 0.3) is 11.6 Å². The van der Waals surface area contributed by atoms with Crippen molar-refractivity contribution < 1.29 is 14.5 Å². The SMILES string of the molecule is Cc1cc([N+](=O)[O-])ccc1NC(=O)C1CNCCO1. The van der Waals surface area contributed by atoms with Crippen molar-refractivity contribution >= 4 is 17.3 Å². The van der Waals surface area contributed by atoms with Crippen molar-refractivity contribution in [3.63, 3.8) is 0 Å². The van der Waals surface area contributed by atoms with Gasteiger partial charge in [0, 0.05) is 30.9 Å². The van der Waals surface area contributed by atoms with Crippen LogP contribution in [0.5, 0.6) is 0 Å². The summed E-state index contributed by atoms with van der Waals surface area (Å²) >= 11 is 0. The minimum atomic E-state index is -0.525. The van der Waals surface area contributed by atoms with Crippen LogP contribution < -0.4 is 10.6 Å². The van der Waals surface area contributed by atoms with Gasteiger partial charge in [0.1, 0.15) is 6.10 Å². The number of carbonyl (C=O) groups excluding carboxylic acids is 1. The maximum Gasteiger partial charge on any atom is 0.269 e. The third kappa shape index (κ3) is 3.27. The van der Waals surface area contributed by atoms with Crippen LogP contribution in [0.25, 0.3) is 0 Å². The molecule has 1 fully saturated rings. The van der Waals surface area contributed by atoms with Crippen LogP contribution in [-0.2, 0) is 9.53 Å². The molecule has 1 heterocycles. The number of aryl methyl sites for hydroxylation is 1. The zero-order valence-electron chi connectivity index (χ0n) is 10.5. The predicted octanol–water partition coefficient (Wildman–Crippen LogP) is 0.830. The third-order valence-corrected chi connectivity index (χ3v) is 2.90. The van der Waals surface area contributed by atoms with Crippen LogP contribution >= 0.6 is 0 Å². The summed E-state index contributed by atoms with van der Waals surface area (Å²) in [5, 5.41) is 16.4. The number of nitrogens with one attached hydrogen (secondary N) is 2. The van der Waals surface area contributed by atoms with Gasteiger partial charge in [-0.3, -0.25) is 14.9 Å². The summed E-state index contributed by atoms with van der Waals surface area (Å²) < 4.78 is 5.33. The molecule has 1 aromatic carbocycles. The van der Waals surface area contributed by atoms with Crippen LogP contribution in [0.2, 0.25) is 0 Å². The number of carbonyl (C=O) groups is 1. The molecular formula is C12H15N3O4. The molecule has 2 N–H and O–H groups in total. The highest BCUT2D eigenvalue weighted by atomic mass is 16.6. The number of morpholine rings is 1. The lowest BCUT2D eigenvalue weighted by atomic mass is 10.1. The fraction of sp³-hybridized carbons (Fsp3) is 0.417. The molecule has 0 aromatic heterocycles. The van der Waals surface area contributed by atoms with E-state index in [4.69, 9.17) is 4.74 Å². The van der Waals surface area contributed by atoms with Gasteiger partial charge in [-0.2, -0.15) is 0 Å². The average molecular weight is 265 g/mol. The van der Waals surface area contributed by atoms with E-state index in [1.807, 2.05) is 0 Å². The Bertz CT molecular complexity index is 498. The number of hydrogen-bond acceptors (Lipinski definition) is 5. The molecule has 2 rings (SSSR count). The molecule has 1 unspecified atom stereocenters. The van der Waals surface area contributed by atoms with Crippen molar-refractivity contribution in [1.29, 1.82) is 0 Å². The van der Waals surface area contributed by atoms with E-state index in [2.05, 4.69) is 10.6 Å². The maximum atomic E-state index is 11.9. The summed E-state index contributed by atoms with van der Waals surface area (Å²) in [4.78, 5) is 22.1. The van der Waals surface area contributed by atoms with Gasteiger partial charge in [-0.25, -0.2) is 0 Å². The molecule has 0 aliphatic carbocycles.